The largest absolute Gasteiger partial charge is 0.462 e. The average molecular weight is 311 g/mol. The van der Waals surface area contributed by atoms with E-state index in [-0.39, 0.29) is 10.5 Å². The molecule has 21 heavy (non-hydrogen) atoms. The number of sulfonamides is 1. The van der Waals surface area contributed by atoms with Crippen LogP contribution in [0.5, 0.6) is 0 Å². The molecule has 1 aromatic rings. The summed E-state index contributed by atoms with van der Waals surface area (Å²) in [6.45, 7) is 3.89. The molecule has 0 spiro atoms. The number of hydrogen-bond donors (Lipinski definition) is 1. The molecule has 1 fully saturated rings. The molecule has 0 unspecified atom stereocenters. The number of hydrogen-bond acceptors (Lipinski definition) is 4. The van der Waals surface area contributed by atoms with Crippen molar-refractivity contribution in [2.24, 2.45) is 11.1 Å². The Balaban J connectivity index is 2.13. The average Bonchev–Trinajstić information content (AvgIpc) is 2.33. The summed E-state index contributed by atoms with van der Waals surface area (Å²) in [4.78, 5) is 12.1. The third kappa shape index (κ3) is 3.83. The predicted octanol–water partition coefficient (Wildman–Crippen LogP) is 2.30. The Morgan fingerprint density at radius 3 is 2.52 bits per heavy atom. The quantitative estimate of drug-likeness (QED) is 0.845. The van der Waals surface area contributed by atoms with Crippen LogP contribution in [-0.2, 0) is 14.8 Å². The fourth-order valence-corrected chi connectivity index (χ4v) is 3.00. The lowest BCUT2D eigenvalue weighted by molar-refractivity contribution is 0.0463. The minimum absolute atomic E-state index is 0.0588. The van der Waals surface area contributed by atoms with Crippen LogP contribution in [0.2, 0.25) is 0 Å². The fraction of sp³-hybridized carbons (Fsp3) is 0.533. The van der Waals surface area contributed by atoms with Gasteiger partial charge in [0.2, 0.25) is 10.0 Å². The molecule has 5 nitrogen and oxygen atoms in total. The van der Waals surface area contributed by atoms with Gasteiger partial charge in [0.1, 0.15) is 0 Å². The lowest BCUT2D eigenvalue weighted by Gasteiger charge is -2.24. The van der Waals surface area contributed by atoms with Crippen LogP contribution in [0.25, 0.3) is 0 Å². The van der Waals surface area contributed by atoms with Gasteiger partial charge < -0.3 is 4.74 Å². The standard InChI is InChI=1S/C15H21NO4S/c1-10-8-13(21(16,18)19)9-14(11(10)2)15(17)20-7-6-12-4-3-5-12/h8-9,12H,3-7H2,1-2H3,(H2,16,18,19). The minimum Gasteiger partial charge on any atom is -0.462 e. The van der Waals surface area contributed by atoms with Crippen LogP contribution < -0.4 is 5.14 Å². The zero-order chi connectivity index (χ0) is 15.6. The van der Waals surface area contributed by atoms with Crippen LogP contribution >= 0.6 is 0 Å². The second-order valence-electron chi connectivity index (χ2n) is 5.68. The van der Waals surface area contributed by atoms with E-state index in [9.17, 15) is 13.2 Å². The van der Waals surface area contributed by atoms with E-state index in [4.69, 9.17) is 9.88 Å². The Kier molecular flexibility index (Phi) is 4.68. The van der Waals surface area contributed by atoms with Crippen LogP contribution in [0, 0.1) is 19.8 Å². The Bertz CT molecular complexity index is 648. The third-order valence-corrected chi connectivity index (χ3v) is 5.07. The highest BCUT2D eigenvalue weighted by atomic mass is 32.2. The molecule has 6 heteroatoms. The van der Waals surface area contributed by atoms with E-state index in [2.05, 4.69) is 0 Å². The first-order chi connectivity index (χ1) is 9.79. The number of nitrogens with two attached hydrogens (primary N) is 1. The monoisotopic (exact) mass is 311 g/mol. The van der Waals surface area contributed by atoms with Crippen molar-refractivity contribution in [3.63, 3.8) is 0 Å². The van der Waals surface area contributed by atoms with Crippen LogP contribution in [0.4, 0.5) is 0 Å². The Morgan fingerprint density at radius 2 is 2.00 bits per heavy atom. The van der Waals surface area contributed by atoms with Gasteiger partial charge in [-0.05, 0) is 49.4 Å². The van der Waals surface area contributed by atoms with Crippen molar-refractivity contribution in [3.8, 4) is 0 Å². The molecule has 0 aromatic heterocycles. The van der Waals surface area contributed by atoms with Gasteiger partial charge >= 0.3 is 5.97 Å². The summed E-state index contributed by atoms with van der Waals surface area (Å²) in [6, 6.07) is 2.76. The molecule has 0 bridgehead atoms. The van der Waals surface area contributed by atoms with Crippen molar-refractivity contribution in [2.45, 2.75) is 44.4 Å². The second kappa shape index (κ2) is 6.15. The second-order valence-corrected chi connectivity index (χ2v) is 7.24. The van der Waals surface area contributed by atoms with Gasteiger partial charge in [0.15, 0.2) is 0 Å². The molecule has 116 valence electrons. The third-order valence-electron chi connectivity index (χ3n) is 4.17. The predicted molar refractivity (Wildman–Crippen MR) is 79.5 cm³/mol. The molecule has 1 aromatic carbocycles. The van der Waals surface area contributed by atoms with Crippen molar-refractivity contribution in [3.05, 3.63) is 28.8 Å². The molecule has 0 saturated heterocycles. The number of rotatable bonds is 5. The zero-order valence-electron chi connectivity index (χ0n) is 12.4. The summed E-state index contributed by atoms with van der Waals surface area (Å²) in [7, 11) is -3.83. The van der Waals surface area contributed by atoms with Crippen LogP contribution in [0.3, 0.4) is 0 Å². The summed E-state index contributed by atoms with van der Waals surface area (Å²) >= 11 is 0. The molecule has 1 saturated carbocycles. The van der Waals surface area contributed by atoms with Gasteiger partial charge in [-0.2, -0.15) is 0 Å². The number of carbonyl (C=O) groups excluding carboxylic acids is 1. The van der Waals surface area contributed by atoms with Gasteiger partial charge in [0, 0.05) is 0 Å². The summed E-state index contributed by atoms with van der Waals surface area (Å²) in [5.74, 6) is 0.178. The number of aryl methyl sites for hydroxylation is 1. The van der Waals surface area contributed by atoms with Gasteiger partial charge in [-0.1, -0.05) is 19.3 Å². The molecule has 0 amide bonds. The Morgan fingerprint density at radius 1 is 1.33 bits per heavy atom. The Labute approximate surface area is 125 Å². The van der Waals surface area contributed by atoms with Crippen LogP contribution in [-0.4, -0.2) is 21.0 Å². The topological polar surface area (TPSA) is 86.5 Å². The number of benzene rings is 1. The molecule has 0 radical (unpaired) electrons. The van der Waals surface area contributed by atoms with E-state index in [1.807, 2.05) is 0 Å². The zero-order valence-corrected chi connectivity index (χ0v) is 13.2. The van der Waals surface area contributed by atoms with Crippen molar-refractivity contribution in [1.29, 1.82) is 0 Å². The van der Waals surface area contributed by atoms with Gasteiger partial charge in [0.05, 0.1) is 17.1 Å². The van der Waals surface area contributed by atoms with Crippen molar-refractivity contribution in [1.82, 2.24) is 0 Å². The van der Waals surface area contributed by atoms with E-state index in [0.717, 1.165) is 12.0 Å². The van der Waals surface area contributed by atoms with Crippen LogP contribution in [0.1, 0.15) is 47.2 Å². The van der Waals surface area contributed by atoms with Gasteiger partial charge in [-0.3, -0.25) is 0 Å². The first-order valence-corrected chi connectivity index (χ1v) is 8.65. The summed E-state index contributed by atoms with van der Waals surface area (Å²) in [5, 5.41) is 5.13. The smallest absolute Gasteiger partial charge is 0.338 e. The van der Waals surface area contributed by atoms with E-state index < -0.39 is 16.0 Å². The number of esters is 1. The van der Waals surface area contributed by atoms with Crippen molar-refractivity contribution >= 4 is 16.0 Å². The molecular formula is C15H21NO4S. The maximum atomic E-state index is 12.1. The molecule has 1 aliphatic rings. The molecule has 1 aliphatic carbocycles. The van der Waals surface area contributed by atoms with Gasteiger partial charge in [-0.25, -0.2) is 18.4 Å². The number of primary sulfonamides is 1. The molecule has 2 rings (SSSR count). The molecule has 0 heterocycles. The summed E-state index contributed by atoms with van der Waals surface area (Å²) < 4.78 is 28.2. The molecule has 0 aliphatic heterocycles. The normalized spacial score (nSPS) is 15.6. The fourth-order valence-electron chi connectivity index (χ4n) is 2.38. The molecular weight excluding hydrogens is 290 g/mol. The van der Waals surface area contributed by atoms with Gasteiger partial charge in [0.25, 0.3) is 0 Å². The lowest BCUT2D eigenvalue weighted by Crippen LogP contribution is -2.17. The van der Waals surface area contributed by atoms with E-state index in [0.29, 0.717) is 18.1 Å². The highest BCUT2D eigenvalue weighted by molar-refractivity contribution is 7.89. The first-order valence-electron chi connectivity index (χ1n) is 7.10. The number of ether oxygens (including phenoxy) is 1. The maximum absolute atomic E-state index is 12.1. The SMILES string of the molecule is Cc1cc(S(N)(=O)=O)cc(C(=O)OCCC2CCC2)c1C. The molecule has 0 atom stereocenters. The molecule has 2 N–H and O–H groups in total. The highest BCUT2D eigenvalue weighted by Crippen LogP contribution is 2.29. The van der Waals surface area contributed by atoms with E-state index in [1.165, 1.54) is 31.4 Å². The summed E-state index contributed by atoms with van der Waals surface area (Å²) in [6.07, 6.45) is 4.54. The first kappa shape index (κ1) is 16.0. The van der Waals surface area contributed by atoms with E-state index in [1.54, 1.807) is 13.8 Å². The number of carbonyl (C=O) groups is 1. The van der Waals surface area contributed by atoms with Crippen molar-refractivity contribution in [2.75, 3.05) is 6.61 Å². The van der Waals surface area contributed by atoms with E-state index >= 15 is 0 Å². The highest BCUT2D eigenvalue weighted by Gasteiger charge is 2.20. The minimum atomic E-state index is -3.83. The lowest BCUT2D eigenvalue weighted by atomic mass is 9.83. The Hall–Kier alpha value is -1.40. The van der Waals surface area contributed by atoms with Gasteiger partial charge in [-0.15, -0.1) is 0 Å². The van der Waals surface area contributed by atoms with Crippen molar-refractivity contribution < 1.29 is 17.9 Å². The maximum Gasteiger partial charge on any atom is 0.338 e. The van der Waals surface area contributed by atoms with Crippen LogP contribution in [0.15, 0.2) is 17.0 Å². The summed E-state index contributed by atoms with van der Waals surface area (Å²) in [5.41, 5.74) is 1.69.